The first-order valence-electron chi connectivity index (χ1n) is 7.11. The molecule has 1 aliphatic heterocycles. The number of sulfonamides is 1. The SMILES string of the molecule is CCCN(CC1CCNCC1)S(=O)(=O)c1cc(Cl)c(Br)s1. The molecular weight excluding hydrogens is 396 g/mol. The molecule has 4 nitrogen and oxygen atoms in total. The first kappa shape index (κ1) is 17.7. The van der Waals surface area contributed by atoms with E-state index in [0.29, 0.717) is 32.0 Å². The number of nitrogens with one attached hydrogen (secondary N) is 1. The lowest BCUT2D eigenvalue weighted by molar-refractivity contribution is 0.288. The Morgan fingerprint density at radius 2 is 2.14 bits per heavy atom. The number of halogens is 2. The number of hydrogen-bond donors (Lipinski definition) is 1. The molecule has 1 aromatic rings. The molecular formula is C13H20BrClN2O2S2. The third kappa shape index (κ3) is 4.42. The summed E-state index contributed by atoms with van der Waals surface area (Å²) in [5.74, 6) is 0.437. The van der Waals surface area contributed by atoms with Gasteiger partial charge in [0.25, 0.3) is 10.0 Å². The van der Waals surface area contributed by atoms with Gasteiger partial charge in [0, 0.05) is 13.1 Å². The van der Waals surface area contributed by atoms with Crippen LogP contribution in [0.4, 0.5) is 0 Å². The van der Waals surface area contributed by atoms with E-state index in [1.165, 1.54) is 17.4 Å². The fourth-order valence-electron chi connectivity index (χ4n) is 2.49. The van der Waals surface area contributed by atoms with Crippen molar-refractivity contribution < 1.29 is 8.42 Å². The molecule has 0 amide bonds. The van der Waals surface area contributed by atoms with Crippen molar-refractivity contribution in [2.24, 2.45) is 5.92 Å². The van der Waals surface area contributed by atoms with Crippen LogP contribution in [0.2, 0.25) is 5.02 Å². The van der Waals surface area contributed by atoms with Gasteiger partial charge in [-0.2, -0.15) is 4.31 Å². The van der Waals surface area contributed by atoms with Crippen LogP contribution in [-0.4, -0.2) is 38.9 Å². The second-order valence-corrected chi connectivity index (χ2v) is 10.2. The van der Waals surface area contributed by atoms with Crippen LogP contribution in [0.15, 0.2) is 14.1 Å². The van der Waals surface area contributed by atoms with Gasteiger partial charge in [0.15, 0.2) is 0 Å². The minimum atomic E-state index is -3.45. The molecule has 21 heavy (non-hydrogen) atoms. The number of rotatable bonds is 6. The smallest absolute Gasteiger partial charge is 0.252 e. The van der Waals surface area contributed by atoms with Crippen LogP contribution >= 0.6 is 38.9 Å². The third-order valence-electron chi connectivity index (χ3n) is 3.61. The molecule has 0 atom stereocenters. The van der Waals surface area contributed by atoms with Gasteiger partial charge in [-0.25, -0.2) is 8.42 Å². The number of hydrogen-bond acceptors (Lipinski definition) is 4. The minimum Gasteiger partial charge on any atom is -0.317 e. The fourth-order valence-corrected chi connectivity index (χ4v) is 6.65. The monoisotopic (exact) mass is 414 g/mol. The van der Waals surface area contributed by atoms with Crippen molar-refractivity contribution in [2.45, 2.75) is 30.4 Å². The van der Waals surface area contributed by atoms with Gasteiger partial charge in [0.1, 0.15) is 4.21 Å². The summed E-state index contributed by atoms with van der Waals surface area (Å²) in [6, 6.07) is 1.54. The van der Waals surface area contributed by atoms with Crippen molar-refractivity contribution in [3.8, 4) is 0 Å². The molecule has 0 aromatic carbocycles. The Kier molecular flexibility index (Phi) is 6.52. The molecule has 1 fully saturated rings. The summed E-state index contributed by atoms with van der Waals surface area (Å²) in [6.07, 6.45) is 2.87. The lowest BCUT2D eigenvalue weighted by atomic mass is 9.98. The molecule has 1 aromatic heterocycles. The molecule has 2 heterocycles. The van der Waals surface area contributed by atoms with E-state index in [-0.39, 0.29) is 0 Å². The molecule has 1 aliphatic rings. The van der Waals surface area contributed by atoms with Gasteiger partial charge in [-0.05, 0) is 60.3 Å². The Morgan fingerprint density at radius 1 is 1.48 bits per heavy atom. The van der Waals surface area contributed by atoms with Crippen molar-refractivity contribution in [1.82, 2.24) is 9.62 Å². The van der Waals surface area contributed by atoms with Crippen LogP contribution in [0.3, 0.4) is 0 Å². The van der Waals surface area contributed by atoms with Crippen molar-refractivity contribution >= 4 is 48.9 Å². The first-order chi connectivity index (χ1) is 9.95. The predicted molar refractivity (Wildman–Crippen MR) is 91.7 cm³/mol. The summed E-state index contributed by atoms with van der Waals surface area (Å²) >= 11 is 10.5. The zero-order valence-electron chi connectivity index (χ0n) is 11.9. The highest BCUT2D eigenvalue weighted by atomic mass is 79.9. The number of thiophene rings is 1. The predicted octanol–water partition coefficient (Wildman–Crippen LogP) is 3.56. The second-order valence-electron chi connectivity index (χ2n) is 5.24. The van der Waals surface area contributed by atoms with Crippen molar-refractivity contribution in [3.05, 3.63) is 14.9 Å². The molecule has 8 heteroatoms. The molecule has 0 spiro atoms. The zero-order valence-corrected chi connectivity index (χ0v) is 15.9. The third-order valence-corrected chi connectivity index (χ3v) is 8.40. The molecule has 0 aliphatic carbocycles. The molecule has 1 N–H and O–H groups in total. The Balaban J connectivity index is 2.18. The maximum absolute atomic E-state index is 12.8. The van der Waals surface area contributed by atoms with E-state index >= 15 is 0 Å². The number of piperidine rings is 1. The Hall–Kier alpha value is 0.340. The fraction of sp³-hybridized carbons (Fsp3) is 0.692. The Labute approximate surface area is 144 Å². The van der Waals surface area contributed by atoms with Gasteiger partial charge in [-0.3, -0.25) is 0 Å². The molecule has 0 saturated carbocycles. The Bertz CT molecular complexity index is 551. The van der Waals surface area contributed by atoms with Gasteiger partial charge in [-0.15, -0.1) is 11.3 Å². The van der Waals surface area contributed by atoms with Gasteiger partial charge >= 0.3 is 0 Å². The van der Waals surface area contributed by atoms with E-state index < -0.39 is 10.0 Å². The summed E-state index contributed by atoms with van der Waals surface area (Å²) in [4.78, 5) is 0. The van der Waals surface area contributed by atoms with Gasteiger partial charge in [-0.1, -0.05) is 18.5 Å². The Morgan fingerprint density at radius 3 is 2.67 bits per heavy atom. The lowest BCUT2D eigenvalue weighted by Gasteiger charge is -2.29. The van der Waals surface area contributed by atoms with Crippen molar-refractivity contribution in [2.75, 3.05) is 26.2 Å². The van der Waals surface area contributed by atoms with Crippen LogP contribution in [-0.2, 0) is 10.0 Å². The second kappa shape index (κ2) is 7.75. The van der Waals surface area contributed by atoms with Crippen LogP contribution in [0, 0.1) is 5.92 Å². The summed E-state index contributed by atoms with van der Waals surface area (Å²) in [7, 11) is -3.45. The topological polar surface area (TPSA) is 49.4 Å². The van der Waals surface area contributed by atoms with Gasteiger partial charge < -0.3 is 5.32 Å². The first-order valence-corrected chi connectivity index (χ1v) is 10.5. The molecule has 0 unspecified atom stereocenters. The van der Waals surface area contributed by atoms with Crippen LogP contribution in [0.1, 0.15) is 26.2 Å². The minimum absolute atomic E-state index is 0.321. The van der Waals surface area contributed by atoms with Crippen LogP contribution in [0.25, 0.3) is 0 Å². The summed E-state index contributed by atoms with van der Waals surface area (Å²) < 4.78 is 28.2. The highest BCUT2D eigenvalue weighted by Crippen LogP contribution is 2.36. The highest BCUT2D eigenvalue weighted by Gasteiger charge is 2.29. The molecule has 2 rings (SSSR count). The largest absolute Gasteiger partial charge is 0.317 e. The summed E-state index contributed by atoms with van der Waals surface area (Å²) in [5.41, 5.74) is 0. The molecule has 0 radical (unpaired) electrons. The van der Waals surface area contributed by atoms with E-state index in [1.54, 1.807) is 4.31 Å². The average Bonchev–Trinajstić information content (AvgIpc) is 2.80. The summed E-state index contributed by atoms with van der Waals surface area (Å²) in [6.45, 7) is 5.11. The molecule has 0 bridgehead atoms. The van der Waals surface area contributed by atoms with E-state index in [0.717, 1.165) is 32.4 Å². The highest BCUT2D eigenvalue weighted by molar-refractivity contribution is 9.11. The van der Waals surface area contributed by atoms with Crippen molar-refractivity contribution in [3.63, 3.8) is 0 Å². The maximum Gasteiger partial charge on any atom is 0.252 e. The van der Waals surface area contributed by atoms with Gasteiger partial charge in [0.2, 0.25) is 0 Å². The average molecular weight is 416 g/mol. The lowest BCUT2D eigenvalue weighted by Crippen LogP contribution is -2.39. The standard InChI is InChI=1S/C13H20BrClN2O2S2/c1-2-7-17(9-10-3-5-16-6-4-10)21(18,19)12-8-11(15)13(14)20-12/h8,10,16H,2-7,9H2,1H3. The quantitative estimate of drug-likeness (QED) is 0.773. The van der Waals surface area contributed by atoms with E-state index in [9.17, 15) is 8.42 Å². The van der Waals surface area contributed by atoms with Crippen LogP contribution in [0.5, 0.6) is 0 Å². The van der Waals surface area contributed by atoms with Crippen molar-refractivity contribution in [1.29, 1.82) is 0 Å². The molecule has 1 saturated heterocycles. The van der Waals surface area contributed by atoms with E-state index in [2.05, 4.69) is 21.2 Å². The molecule has 120 valence electrons. The van der Waals surface area contributed by atoms with Crippen LogP contribution < -0.4 is 5.32 Å². The zero-order chi connectivity index (χ0) is 15.5. The number of nitrogens with zero attached hydrogens (tertiary/aromatic N) is 1. The normalized spacial score (nSPS) is 17.5. The maximum atomic E-state index is 12.8. The van der Waals surface area contributed by atoms with Gasteiger partial charge in [0.05, 0.1) is 8.81 Å². The van der Waals surface area contributed by atoms with E-state index in [4.69, 9.17) is 11.6 Å². The summed E-state index contributed by atoms with van der Waals surface area (Å²) in [5, 5.41) is 3.77. The van der Waals surface area contributed by atoms with E-state index in [1.807, 2.05) is 6.92 Å².